The average molecular weight is 188 g/mol. The zero-order valence-electron chi connectivity index (χ0n) is 7.81. The van der Waals surface area contributed by atoms with Crippen LogP contribution in [-0.2, 0) is 0 Å². The number of phenolic OH excluding ortho intramolecular Hbond substituents is 1. The molecule has 0 heterocycles. The molecular formula is C9H8N4O. The van der Waals surface area contributed by atoms with Gasteiger partial charge in [0, 0.05) is 4.91 Å². The van der Waals surface area contributed by atoms with Gasteiger partial charge in [0.25, 0.3) is 0 Å². The first-order valence-electron chi connectivity index (χ1n) is 3.90. The highest BCUT2D eigenvalue weighted by molar-refractivity contribution is 5.67. The Morgan fingerprint density at radius 2 is 2.14 bits per heavy atom. The number of aromatic hydroxyl groups is 1. The number of azide groups is 1. The number of hydrogen-bond donors (Lipinski definition) is 1. The van der Waals surface area contributed by atoms with E-state index in [4.69, 9.17) is 10.8 Å². The summed E-state index contributed by atoms with van der Waals surface area (Å²) in [5, 5.41) is 21.7. The molecule has 0 fully saturated rings. The smallest absolute Gasteiger partial charge is 0.129 e. The van der Waals surface area contributed by atoms with Crippen LogP contribution in [0.2, 0.25) is 0 Å². The van der Waals surface area contributed by atoms with Gasteiger partial charge in [0.15, 0.2) is 0 Å². The second-order valence-electron chi connectivity index (χ2n) is 2.88. The minimum absolute atomic E-state index is 0.00694. The maximum atomic E-state index is 9.55. The number of phenols is 1. The fourth-order valence-electron chi connectivity index (χ4n) is 1.24. The van der Waals surface area contributed by atoms with Gasteiger partial charge < -0.3 is 5.11 Å². The Bertz CT molecular complexity index is 467. The lowest BCUT2D eigenvalue weighted by molar-refractivity contribution is 0.472. The number of benzene rings is 1. The zero-order chi connectivity index (χ0) is 10.7. The Labute approximate surface area is 80.8 Å². The van der Waals surface area contributed by atoms with Crippen LogP contribution in [0.4, 0.5) is 5.69 Å². The van der Waals surface area contributed by atoms with Crippen molar-refractivity contribution < 1.29 is 5.11 Å². The van der Waals surface area contributed by atoms with E-state index >= 15 is 0 Å². The fourth-order valence-corrected chi connectivity index (χ4v) is 1.24. The predicted octanol–water partition coefficient (Wildman–Crippen LogP) is 2.82. The van der Waals surface area contributed by atoms with Crippen LogP contribution in [0.15, 0.2) is 11.2 Å². The van der Waals surface area contributed by atoms with Crippen LogP contribution in [-0.4, -0.2) is 5.11 Å². The third kappa shape index (κ3) is 1.47. The van der Waals surface area contributed by atoms with E-state index in [0.717, 1.165) is 0 Å². The summed E-state index contributed by atoms with van der Waals surface area (Å²) in [5.41, 5.74) is 9.78. The molecule has 1 aromatic rings. The van der Waals surface area contributed by atoms with Crippen LogP contribution in [0, 0.1) is 25.2 Å². The van der Waals surface area contributed by atoms with E-state index in [-0.39, 0.29) is 17.0 Å². The van der Waals surface area contributed by atoms with E-state index in [1.165, 1.54) is 0 Å². The predicted molar refractivity (Wildman–Crippen MR) is 51.1 cm³/mol. The van der Waals surface area contributed by atoms with Crippen molar-refractivity contribution in [3.8, 4) is 11.8 Å². The average Bonchev–Trinajstić information content (AvgIpc) is 2.14. The monoisotopic (exact) mass is 188 g/mol. The fraction of sp³-hybridized carbons (Fsp3) is 0.222. The van der Waals surface area contributed by atoms with Crippen LogP contribution in [0.25, 0.3) is 10.4 Å². The Morgan fingerprint density at radius 1 is 1.50 bits per heavy atom. The third-order valence-electron chi connectivity index (χ3n) is 1.92. The van der Waals surface area contributed by atoms with Gasteiger partial charge in [-0.1, -0.05) is 11.2 Å². The first kappa shape index (κ1) is 9.90. The third-order valence-corrected chi connectivity index (χ3v) is 1.92. The Hall–Kier alpha value is -2.18. The minimum atomic E-state index is -0.134. The van der Waals surface area contributed by atoms with Crippen molar-refractivity contribution in [1.29, 1.82) is 5.26 Å². The second-order valence-corrected chi connectivity index (χ2v) is 2.88. The van der Waals surface area contributed by atoms with Gasteiger partial charge in [-0.25, -0.2) is 0 Å². The molecule has 0 aliphatic carbocycles. The summed E-state index contributed by atoms with van der Waals surface area (Å²) in [6.07, 6.45) is 0. The minimum Gasteiger partial charge on any atom is -0.507 e. The van der Waals surface area contributed by atoms with E-state index in [9.17, 15) is 5.11 Å². The van der Waals surface area contributed by atoms with Crippen molar-refractivity contribution in [2.45, 2.75) is 13.8 Å². The highest BCUT2D eigenvalue weighted by atomic mass is 16.3. The van der Waals surface area contributed by atoms with E-state index in [1.807, 2.05) is 6.07 Å². The molecule has 0 aliphatic rings. The van der Waals surface area contributed by atoms with Crippen LogP contribution < -0.4 is 0 Å². The van der Waals surface area contributed by atoms with Gasteiger partial charge in [-0.15, -0.1) is 0 Å². The van der Waals surface area contributed by atoms with Crippen LogP contribution in [0.3, 0.4) is 0 Å². The molecule has 0 aliphatic heterocycles. The molecule has 0 saturated carbocycles. The lowest BCUT2D eigenvalue weighted by Crippen LogP contribution is -1.86. The summed E-state index contributed by atoms with van der Waals surface area (Å²) in [4.78, 5) is 2.57. The summed E-state index contributed by atoms with van der Waals surface area (Å²) in [5.74, 6) is -0.134. The van der Waals surface area contributed by atoms with Gasteiger partial charge in [0.2, 0.25) is 0 Å². The van der Waals surface area contributed by atoms with Crippen molar-refractivity contribution in [2.24, 2.45) is 5.11 Å². The van der Waals surface area contributed by atoms with E-state index in [0.29, 0.717) is 11.1 Å². The summed E-state index contributed by atoms with van der Waals surface area (Å²) in [6.45, 7) is 3.40. The van der Waals surface area contributed by atoms with Crippen molar-refractivity contribution in [2.75, 3.05) is 0 Å². The van der Waals surface area contributed by atoms with Crippen LogP contribution in [0.1, 0.15) is 16.7 Å². The highest BCUT2D eigenvalue weighted by Crippen LogP contribution is 2.35. The van der Waals surface area contributed by atoms with E-state index < -0.39 is 0 Å². The summed E-state index contributed by atoms with van der Waals surface area (Å²) in [7, 11) is 0. The standard InChI is InChI=1S/C9H8N4O/c1-5-3-6(2)9(14)8(12-13-11)7(5)4-10/h3,14H,1-2H3. The molecule has 0 amide bonds. The van der Waals surface area contributed by atoms with Gasteiger partial charge in [-0.3, -0.25) is 0 Å². The van der Waals surface area contributed by atoms with Crippen LogP contribution >= 0.6 is 0 Å². The van der Waals surface area contributed by atoms with Gasteiger partial charge in [-0.05, 0) is 30.5 Å². The first-order valence-corrected chi connectivity index (χ1v) is 3.90. The molecule has 14 heavy (non-hydrogen) atoms. The Kier molecular flexibility index (Phi) is 2.61. The topological polar surface area (TPSA) is 92.8 Å². The summed E-state index contributed by atoms with van der Waals surface area (Å²) in [6, 6.07) is 3.56. The van der Waals surface area contributed by atoms with Gasteiger partial charge in [0.05, 0.1) is 11.3 Å². The summed E-state index contributed by atoms with van der Waals surface area (Å²) < 4.78 is 0. The lowest BCUT2D eigenvalue weighted by atomic mass is 10.0. The lowest BCUT2D eigenvalue weighted by Gasteiger charge is -2.06. The van der Waals surface area contributed by atoms with Crippen molar-refractivity contribution in [3.05, 3.63) is 33.2 Å². The highest BCUT2D eigenvalue weighted by Gasteiger charge is 2.11. The summed E-state index contributed by atoms with van der Waals surface area (Å²) >= 11 is 0. The largest absolute Gasteiger partial charge is 0.507 e. The second kappa shape index (κ2) is 3.69. The van der Waals surface area contributed by atoms with E-state index in [1.54, 1.807) is 19.9 Å². The molecule has 0 unspecified atom stereocenters. The molecule has 0 spiro atoms. The Morgan fingerprint density at radius 3 is 2.64 bits per heavy atom. The maximum absolute atomic E-state index is 9.55. The Balaban J connectivity index is 3.66. The van der Waals surface area contributed by atoms with Crippen LogP contribution in [0.5, 0.6) is 5.75 Å². The molecule has 0 bridgehead atoms. The van der Waals surface area contributed by atoms with Crippen molar-refractivity contribution in [1.82, 2.24) is 0 Å². The molecule has 0 radical (unpaired) electrons. The number of nitrogens with zero attached hydrogens (tertiary/aromatic N) is 4. The molecule has 70 valence electrons. The number of nitriles is 1. The normalized spacial score (nSPS) is 8.93. The first-order chi connectivity index (χ1) is 6.61. The van der Waals surface area contributed by atoms with Crippen molar-refractivity contribution in [3.63, 3.8) is 0 Å². The van der Waals surface area contributed by atoms with Gasteiger partial charge in [-0.2, -0.15) is 5.26 Å². The quantitative estimate of drug-likeness (QED) is 0.416. The maximum Gasteiger partial charge on any atom is 0.129 e. The molecule has 0 aromatic heterocycles. The molecule has 0 atom stereocenters. The molecule has 0 saturated heterocycles. The molecule has 5 heteroatoms. The number of aryl methyl sites for hydroxylation is 2. The molecule has 1 rings (SSSR count). The molecule has 1 aromatic carbocycles. The van der Waals surface area contributed by atoms with Gasteiger partial charge >= 0.3 is 0 Å². The van der Waals surface area contributed by atoms with E-state index in [2.05, 4.69) is 10.0 Å². The molecule has 5 nitrogen and oxygen atoms in total. The van der Waals surface area contributed by atoms with Gasteiger partial charge in [0.1, 0.15) is 11.8 Å². The number of rotatable bonds is 1. The van der Waals surface area contributed by atoms with Crippen molar-refractivity contribution >= 4 is 5.69 Å². The number of hydrogen-bond acceptors (Lipinski definition) is 3. The molecular weight excluding hydrogens is 180 g/mol. The SMILES string of the molecule is Cc1cc(C)c(C#N)c(N=[N+]=[N-])c1O. The molecule has 1 N–H and O–H groups in total. The zero-order valence-corrected chi connectivity index (χ0v) is 7.81.